The van der Waals surface area contributed by atoms with Crippen LogP contribution in [0, 0.1) is 11.6 Å². The second kappa shape index (κ2) is 5.77. The number of ether oxygens (including phenoxy) is 1. The Balaban J connectivity index is 2.77. The molecule has 0 unspecified atom stereocenters. The van der Waals surface area contributed by atoms with E-state index in [4.69, 9.17) is 9.84 Å². The predicted molar refractivity (Wildman–Crippen MR) is 60.9 cm³/mol. The van der Waals surface area contributed by atoms with Crippen LogP contribution in [0.2, 0.25) is 0 Å². The minimum absolute atomic E-state index is 0.0867. The van der Waals surface area contributed by atoms with E-state index in [0.29, 0.717) is 6.07 Å². The standard InChI is InChI=1S/C11H9BrF2O3/c1-6(11(15)16)2-3-17-10-8(12)4-7(13)5-9(10)14/h2,4-5H,3H2,1H3,(H,15,16). The van der Waals surface area contributed by atoms with Crippen LogP contribution < -0.4 is 4.74 Å². The molecule has 0 amide bonds. The molecule has 1 aromatic carbocycles. The highest BCUT2D eigenvalue weighted by Crippen LogP contribution is 2.29. The molecular weight excluding hydrogens is 298 g/mol. The quantitative estimate of drug-likeness (QED) is 0.869. The van der Waals surface area contributed by atoms with E-state index in [1.54, 1.807) is 0 Å². The number of carboxylic acids is 1. The normalized spacial score (nSPS) is 11.4. The molecule has 6 heteroatoms. The van der Waals surface area contributed by atoms with Gasteiger partial charge in [0.1, 0.15) is 12.4 Å². The van der Waals surface area contributed by atoms with Gasteiger partial charge in [-0.15, -0.1) is 0 Å². The first-order valence-electron chi connectivity index (χ1n) is 4.59. The predicted octanol–water partition coefficient (Wildman–Crippen LogP) is 3.14. The molecule has 1 N–H and O–H groups in total. The van der Waals surface area contributed by atoms with Crippen LogP contribution >= 0.6 is 15.9 Å². The van der Waals surface area contributed by atoms with Crippen LogP contribution in [-0.2, 0) is 4.79 Å². The van der Waals surface area contributed by atoms with Crippen molar-refractivity contribution in [1.29, 1.82) is 0 Å². The first kappa shape index (κ1) is 13.6. The Kier molecular flexibility index (Phi) is 4.62. The Morgan fingerprint density at radius 2 is 2.18 bits per heavy atom. The Hall–Kier alpha value is -1.43. The summed E-state index contributed by atoms with van der Waals surface area (Å²) in [6, 6.07) is 1.75. The Morgan fingerprint density at radius 1 is 1.53 bits per heavy atom. The molecule has 0 atom stereocenters. The van der Waals surface area contributed by atoms with Gasteiger partial charge in [0.15, 0.2) is 11.6 Å². The summed E-state index contributed by atoms with van der Waals surface area (Å²) in [5, 5.41) is 8.57. The van der Waals surface area contributed by atoms with Gasteiger partial charge < -0.3 is 9.84 Å². The van der Waals surface area contributed by atoms with Gasteiger partial charge in [-0.2, -0.15) is 0 Å². The lowest BCUT2D eigenvalue weighted by atomic mass is 10.3. The van der Waals surface area contributed by atoms with Crippen LogP contribution in [-0.4, -0.2) is 17.7 Å². The second-order valence-corrected chi connectivity index (χ2v) is 4.06. The maximum Gasteiger partial charge on any atom is 0.331 e. The number of carbonyl (C=O) groups is 1. The van der Waals surface area contributed by atoms with Gasteiger partial charge >= 0.3 is 5.97 Å². The van der Waals surface area contributed by atoms with Crippen molar-refractivity contribution in [3.63, 3.8) is 0 Å². The van der Waals surface area contributed by atoms with Crippen LogP contribution in [0.1, 0.15) is 6.92 Å². The lowest BCUT2D eigenvalue weighted by molar-refractivity contribution is -0.132. The van der Waals surface area contributed by atoms with Gasteiger partial charge in [-0.1, -0.05) is 0 Å². The van der Waals surface area contributed by atoms with Crippen LogP contribution in [0.5, 0.6) is 5.75 Å². The number of aliphatic carboxylic acids is 1. The summed E-state index contributed by atoms with van der Waals surface area (Å²) in [5.74, 6) is -2.80. The molecule has 0 aliphatic carbocycles. The molecule has 1 rings (SSSR count). The third-order valence-electron chi connectivity index (χ3n) is 1.92. The Labute approximate surface area is 105 Å². The molecular formula is C11H9BrF2O3. The summed E-state index contributed by atoms with van der Waals surface area (Å²) in [4.78, 5) is 10.5. The summed E-state index contributed by atoms with van der Waals surface area (Å²) in [6.07, 6.45) is 1.29. The van der Waals surface area contributed by atoms with E-state index >= 15 is 0 Å². The summed E-state index contributed by atoms with van der Waals surface area (Å²) < 4.78 is 31.2. The van der Waals surface area contributed by atoms with Gasteiger partial charge in [0.2, 0.25) is 0 Å². The molecule has 0 fully saturated rings. The summed E-state index contributed by atoms with van der Waals surface area (Å²) in [5.41, 5.74) is 0.0867. The highest BCUT2D eigenvalue weighted by molar-refractivity contribution is 9.10. The van der Waals surface area contributed by atoms with Crippen molar-refractivity contribution in [2.24, 2.45) is 0 Å². The van der Waals surface area contributed by atoms with Crippen molar-refractivity contribution >= 4 is 21.9 Å². The monoisotopic (exact) mass is 306 g/mol. The third kappa shape index (κ3) is 3.81. The molecule has 0 heterocycles. The molecule has 0 bridgehead atoms. The topological polar surface area (TPSA) is 46.5 Å². The fourth-order valence-electron chi connectivity index (χ4n) is 1.00. The number of hydrogen-bond donors (Lipinski definition) is 1. The highest BCUT2D eigenvalue weighted by Gasteiger charge is 2.10. The molecule has 0 aromatic heterocycles. The maximum absolute atomic E-state index is 13.3. The van der Waals surface area contributed by atoms with E-state index in [-0.39, 0.29) is 22.4 Å². The van der Waals surface area contributed by atoms with E-state index in [9.17, 15) is 13.6 Å². The van der Waals surface area contributed by atoms with E-state index in [2.05, 4.69) is 15.9 Å². The second-order valence-electron chi connectivity index (χ2n) is 3.20. The zero-order valence-electron chi connectivity index (χ0n) is 8.84. The van der Waals surface area contributed by atoms with Crippen LogP contribution in [0.3, 0.4) is 0 Å². The minimum atomic E-state index is -1.08. The lowest BCUT2D eigenvalue weighted by Crippen LogP contribution is -2.02. The molecule has 0 spiro atoms. The summed E-state index contributed by atoms with van der Waals surface area (Å²) >= 11 is 2.95. The Morgan fingerprint density at radius 3 is 2.71 bits per heavy atom. The fraction of sp³-hybridized carbons (Fsp3) is 0.182. The molecule has 1 aromatic rings. The van der Waals surface area contributed by atoms with Crippen molar-refractivity contribution in [2.75, 3.05) is 6.61 Å². The number of carboxylic acid groups (broad SMARTS) is 1. The average molecular weight is 307 g/mol. The lowest BCUT2D eigenvalue weighted by Gasteiger charge is -2.07. The highest BCUT2D eigenvalue weighted by atomic mass is 79.9. The van der Waals surface area contributed by atoms with Gasteiger partial charge in [0, 0.05) is 11.6 Å². The van der Waals surface area contributed by atoms with E-state index < -0.39 is 17.6 Å². The Bertz CT molecular complexity index is 449. The summed E-state index contributed by atoms with van der Waals surface area (Å²) in [6.45, 7) is 1.28. The molecule has 0 saturated carbocycles. The van der Waals surface area contributed by atoms with Crippen molar-refractivity contribution in [1.82, 2.24) is 0 Å². The van der Waals surface area contributed by atoms with Gasteiger partial charge in [-0.05, 0) is 35.0 Å². The number of halogens is 3. The van der Waals surface area contributed by atoms with Gasteiger partial charge in [-0.3, -0.25) is 0 Å². The first-order chi connectivity index (χ1) is 7.91. The van der Waals surface area contributed by atoms with Crippen molar-refractivity contribution in [2.45, 2.75) is 6.92 Å². The zero-order valence-corrected chi connectivity index (χ0v) is 10.4. The molecule has 0 radical (unpaired) electrons. The first-order valence-corrected chi connectivity index (χ1v) is 5.38. The van der Waals surface area contributed by atoms with E-state index in [0.717, 1.165) is 6.07 Å². The molecule has 0 aliphatic heterocycles. The fourth-order valence-corrected chi connectivity index (χ4v) is 1.53. The van der Waals surface area contributed by atoms with E-state index in [1.807, 2.05) is 0 Å². The third-order valence-corrected chi connectivity index (χ3v) is 2.51. The summed E-state index contributed by atoms with van der Waals surface area (Å²) in [7, 11) is 0. The van der Waals surface area contributed by atoms with Gasteiger partial charge in [0.05, 0.1) is 4.47 Å². The maximum atomic E-state index is 13.3. The SMILES string of the molecule is CC(=CCOc1c(F)cc(F)cc1Br)C(=O)O. The van der Waals surface area contributed by atoms with Crippen molar-refractivity contribution < 1.29 is 23.4 Å². The van der Waals surface area contributed by atoms with Crippen molar-refractivity contribution in [3.8, 4) is 5.75 Å². The van der Waals surface area contributed by atoms with Crippen LogP contribution in [0.4, 0.5) is 8.78 Å². The molecule has 92 valence electrons. The van der Waals surface area contributed by atoms with Gasteiger partial charge in [0.25, 0.3) is 0 Å². The number of rotatable bonds is 4. The molecule has 0 aliphatic rings. The van der Waals surface area contributed by atoms with Gasteiger partial charge in [-0.25, -0.2) is 13.6 Å². The number of hydrogen-bond acceptors (Lipinski definition) is 2. The average Bonchev–Trinajstić information content (AvgIpc) is 2.21. The van der Waals surface area contributed by atoms with Crippen molar-refractivity contribution in [3.05, 3.63) is 39.9 Å². The molecule has 3 nitrogen and oxygen atoms in total. The molecule has 17 heavy (non-hydrogen) atoms. The van der Waals surface area contributed by atoms with E-state index in [1.165, 1.54) is 13.0 Å². The molecule has 0 saturated heterocycles. The largest absolute Gasteiger partial charge is 0.485 e. The smallest absolute Gasteiger partial charge is 0.331 e. The zero-order chi connectivity index (χ0) is 13.0. The number of benzene rings is 1. The van der Waals surface area contributed by atoms with Crippen LogP contribution in [0.25, 0.3) is 0 Å². The van der Waals surface area contributed by atoms with Crippen LogP contribution in [0.15, 0.2) is 28.3 Å². The minimum Gasteiger partial charge on any atom is -0.485 e.